The van der Waals surface area contributed by atoms with Crippen molar-refractivity contribution in [3.05, 3.63) is 12.2 Å². The third-order valence-corrected chi connectivity index (χ3v) is 1.31. The summed E-state index contributed by atoms with van der Waals surface area (Å²) in [5.41, 5.74) is -2.13. The molecule has 0 bridgehead atoms. The molecule has 0 rings (SSSR count). The number of rotatable bonds is 2. The van der Waals surface area contributed by atoms with Gasteiger partial charge in [-0.05, 0) is 6.92 Å². The minimum atomic E-state index is -1.90. The molecule has 0 heterocycles. The summed E-state index contributed by atoms with van der Waals surface area (Å²) in [5.74, 6) is -0.885. The first-order valence-corrected chi connectivity index (χ1v) is 2.87. The van der Waals surface area contributed by atoms with Gasteiger partial charge in [0.2, 0.25) is 0 Å². The highest BCUT2D eigenvalue weighted by Crippen LogP contribution is 2.14. The summed E-state index contributed by atoms with van der Waals surface area (Å²) < 4.78 is 4.24. The number of ether oxygens (including phenoxy) is 1. The van der Waals surface area contributed by atoms with Crippen LogP contribution in [0.1, 0.15) is 6.92 Å². The Morgan fingerprint density at radius 3 is 2.55 bits per heavy atom. The molecule has 0 aromatic heterocycles. The van der Waals surface area contributed by atoms with Gasteiger partial charge in [0, 0.05) is 0 Å². The second-order valence-corrected chi connectivity index (χ2v) is 2.15. The lowest BCUT2D eigenvalue weighted by atomic mass is 9.99. The fraction of sp³-hybridized carbons (Fsp3) is 0.429. The zero-order valence-electron chi connectivity index (χ0n) is 6.42. The van der Waals surface area contributed by atoms with E-state index >= 15 is 0 Å². The average Bonchev–Trinajstić information content (AvgIpc) is 2.01. The third kappa shape index (κ3) is 1.79. The molecule has 0 aromatic rings. The summed E-state index contributed by atoms with van der Waals surface area (Å²) in [6.45, 7) is 4.36. The van der Waals surface area contributed by atoms with E-state index in [4.69, 9.17) is 5.26 Å². The van der Waals surface area contributed by atoms with Crippen molar-refractivity contribution in [1.82, 2.24) is 0 Å². The molecule has 1 unspecified atom stereocenters. The Morgan fingerprint density at radius 2 is 2.27 bits per heavy atom. The van der Waals surface area contributed by atoms with E-state index in [1.54, 1.807) is 6.07 Å². The van der Waals surface area contributed by atoms with Gasteiger partial charge in [0.25, 0.3) is 0 Å². The quantitative estimate of drug-likeness (QED) is 0.449. The second kappa shape index (κ2) is 3.17. The summed E-state index contributed by atoms with van der Waals surface area (Å²) in [4.78, 5) is 10.7. The summed E-state index contributed by atoms with van der Waals surface area (Å²) in [6, 6.07) is 1.58. The standard InChI is InChI=1S/C7H9NO3/c1-5(4-8)7(2,10)6(9)11-3/h10H,1H2,2-3H3. The van der Waals surface area contributed by atoms with Gasteiger partial charge in [-0.25, -0.2) is 4.79 Å². The van der Waals surface area contributed by atoms with E-state index in [0.717, 1.165) is 14.0 Å². The Labute approximate surface area is 64.7 Å². The number of aliphatic hydroxyl groups is 1. The average molecular weight is 155 g/mol. The van der Waals surface area contributed by atoms with Crippen molar-refractivity contribution in [3.63, 3.8) is 0 Å². The molecule has 0 aliphatic carbocycles. The van der Waals surface area contributed by atoms with Gasteiger partial charge in [0.1, 0.15) is 0 Å². The normalized spacial score (nSPS) is 14.4. The Balaban J connectivity index is 4.61. The van der Waals surface area contributed by atoms with Crippen LogP contribution in [0.2, 0.25) is 0 Å². The summed E-state index contributed by atoms with van der Waals surface area (Å²) >= 11 is 0. The van der Waals surface area contributed by atoms with E-state index in [0.29, 0.717) is 0 Å². The molecular weight excluding hydrogens is 146 g/mol. The molecule has 1 atom stereocenters. The number of methoxy groups -OCH3 is 1. The highest BCUT2D eigenvalue weighted by molar-refractivity contribution is 5.83. The number of hydrogen-bond acceptors (Lipinski definition) is 4. The first-order valence-electron chi connectivity index (χ1n) is 2.87. The van der Waals surface area contributed by atoms with Gasteiger partial charge >= 0.3 is 5.97 Å². The van der Waals surface area contributed by atoms with Crippen molar-refractivity contribution in [2.24, 2.45) is 0 Å². The summed E-state index contributed by atoms with van der Waals surface area (Å²) in [6.07, 6.45) is 0. The Hall–Kier alpha value is -1.34. The van der Waals surface area contributed by atoms with Crippen molar-refractivity contribution in [1.29, 1.82) is 5.26 Å². The monoisotopic (exact) mass is 155 g/mol. The molecule has 0 spiro atoms. The first kappa shape index (κ1) is 9.66. The van der Waals surface area contributed by atoms with Gasteiger partial charge in [0.05, 0.1) is 18.8 Å². The van der Waals surface area contributed by atoms with Crippen LogP contribution in [0.4, 0.5) is 0 Å². The highest BCUT2D eigenvalue weighted by atomic mass is 16.5. The molecule has 0 aliphatic heterocycles. The Kier molecular flexibility index (Phi) is 2.78. The van der Waals surface area contributed by atoms with Crippen LogP contribution >= 0.6 is 0 Å². The fourth-order valence-electron chi connectivity index (χ4n) is 0.431. The van der Waals surface area contributed by atoms with Gasteiger partial charge in [-0.2, -0.15) is 5.26 Å². The van der Waals surface area contributed by atoms with Crippen LogP contribution in [-0.4, -0.2) is 23.8 Å². The smallest absolute Gasteiger partial charge is 0.342 e. The maximum atomic E-state index is 10.7. The van der Waals surface area contributed by atoms with E-state index < -0.39 is 11.6 Å². The van der Waals surface area contributed by atoms with Gasteiger partial charge in [-0.15, -0.1) is 0 Å². The van der Waals surface area contributed by atoms with Gasteiger partial charge in [-0.3, -0.25) is 0 Å². The second-order valence-electron chi connectivity index (χ2n) is 2.15. The molecule has 0 saturated carbocycles. The van der Waals surface area contributed by atoms with E-state index in [1.807, 2.05) is 0 Å². The van der Waals surface area contributed by atoms with Crippen molar-refractivity contribution in [2.75, 3.05) is 7.11 Å². The van der Waals surface area contributed by atoms with Crippen molar-refractivity contribution >= 4 is 5.97 Å². The molecule has 1 N–H and O–H groups in total. The number of nitriles is 1. The van der Waals surface area contributed by atoms with E-state index in [9.17, 15) is 9.90 Å². The van der Waals surface area contributed by atoms with E-state index in [1.165, 1.54) is 0 Å². The molecule has 4 heteroatoms. The largest absolute Gasteiger partial charge is 0.467 e. The highest BCUT2D eigenvalue weighted by Gasteiger charge is 2.34. The van der Waals surface area contributed by atoms with Crippen molar-refractivity contribution in [3.8, 4) is 6.07 Å². The molecule has 0 aliphatic rings. The van der Waals surface area contributed by atoms with Crippen LogP contribution in [0.25, 0.3) is 0 Å². The maximum Gasteiger partial charge on any atom is 0.342 e. The molecule has 0 amide bonds. The van der Waals surface area contributed by atoms with Gasteiger partial charge in [0.15, 0.2) is 5.60 Å². The number of carbonyl (C=O) groups excluding carboxylic acids is 1. The SMILES string of the molecule is C=C(C#N)C(C)(O)C(=O)OC. The van der Waals surface area contributed by atoms with E-state index in [2.05, 4.69) is 11.3 Å². The van der Waals surface area contributed by atoms with Crippen LogP contribution in [-0.2, 0) is 9.53 Å². The number of esters is 1. The van der Waals surface area contributed by atoms with Crippen LogP contribution in [0.3, 0.4) is 0 Å². The molecule has 0 saturated heterocycles. The maximum absolute atomic E-state index is 10.7. The minimum absolute atomic E-state index is 0.232. The van der Waals surface area contributed by atoms with Gasteiger partial charge in [-0.1, -0.05) is 6.58 Å². The van der Waals surface area contributed by atoms with Crippen LogP contribution in [0.15, 0.2) is 12.2 Å². The third-order valence-electron chi connectivity index (χ3n) is 1.31. The van der Waals surface area contributed by atoms with Crippen molar-refractivity contribution < 1.29 is 14.6 Å². The van der Waals surface area contributed by atoms with Gasteiger partial charge < -0.3 is 9.84 Å². The fourth-order valence-corrected chi connectivity index (χ4v) is 0.431. The lowest BCUT2D eigenvalue weighted by Crippen LogP contribution is -2.37. The van der Waals surface area contributed by atoms with Crippen LogP contribution < -0.4 is 0 Å². The van der Waals surface area contributed by atoms with Crippen LogP contribution in [0.5, 0.6) is 0 Å². The predicted molar refractivity (Wildman–Crippen MR) is 37.4 cm³/mol. The molecule has 4 nitrogen and oxygen atoms in total. The molecule has 0 radical (unpaired) electrons. The Bertz CT molecular complexity index is 224. The summed E-state index contributed by atoms with van der Waals surface area (Å²) in [5, 5.41) is 17.6. The van der Waals surface area contributed by atoms with Crippen LogP contribution in [0, 0.1) is 11.3 Å². The predicted octanol–water partition coefficient (Wildman–Crippen LogP) is -0.00982. The molecule has 0 aromatic carbocycles. The molecule has 0 fully saturated rings. The lowest BCUT2D eigenvalue weighted by molar-refractivity contribution is -0.156. The number of nitrogens with zero attached hydrogens (tertiary/aromatic N) is 1. The zero-order valence-corrected chi connectivity index (χ0v) is 6.42. The molecule has 60 valence electrons. The minimum Gasteiger partial charge on any atom is -0.467 e. The summed E-state index contributed by atoms with van der Waals surface area (Å²) in [7, 11) is 1.13. The number of hydrogen-bond donors (Lipinski definition) is 1. The first-order chi connectivity index (χ1) is 4.96. The molecule has 11 heavy (non-hydrogen) atoms. The Morgan fingerprint density at radius 1 is 1.82 bits per heavy atom. The van der Waals surface area contributed by atoms with Crippen molar-refractivity contribution in [2.45, 2.75) is 12.5 Å². The lowest BCUT2D eigenvalue weighted by Gasteiger charge is -2.17. The topological polar surface area (TPSA) is 70.3 Å². The molecular formula is C7H9NO3. The number of carbonyl (C=O) groups is 1. The zero-order chi connectivity index (χ0) is 9.07. The van der Waals surface area contributed by atoms with E-state index in [-0.39, 0.29) is 5.57 Å².